The molecule has 4 heteroatoms. The molecular formula is C11H8BrNO2. The number of hydrogen-bond donors (Lipinski definition) is 0. The third kappa shape index (κ3) is 1.72. The van der Waals surface area contributed by atoms with Gasteiger partial charge in [0.25, 0.3) is 0 Å². The Morgan fingerprint density at radius 1 is 1.27 bits per heavy atom. The van der Waals surface area contributed by atoms with Crippen molar-refractivity contribution in [2.24, 2.45) is 5.18 Å². The molecule has 0 saturated carbocycles. The third-order valence-corrected chi connectivity index (χ3v) is 2.72. The minimum absolute atomic E-state index is 0.344. The molecule has 0 bridgehead atoms. The van der Waals surface area contributed by atoms with Crippen LogP contribution < -0.4 is 4.74 Å². The number of methoxy groups -OCH3 is 1. The first kappa shape index (κ1) is 10.1. The minimum atomic E-state index is 0.344. The Balaban J connectivity index is 2.84. The average molecular weight is 266 g/mol. The molecule has 2 aromatic carbocycles. The number of rotatable bonds is 2. The molecule has 3 nitrogen and oxygen atoms in total. The Kier molecular flexibility index (Phi) is 2.68. The van der Waals surface area contributed by atoms with Crippen molar-refractivity contribution < 1.29 is 4.74 Å². The maximum Gasteiger partial charge on any atom is 0.157 e. The normalized spacial score (nSPS) is 10.3. The zero-order chi connectivity index (χ0) is 10.8. The molecule has 0 amide bonds. The van der Waals surface area contributed by atoms with Gasteiger partial charge in [0.05, 0.1) is 7.11 Å². The van der Waals surface area contributed by atoms with Crippen LogP contribution >= 0.6 is 15.9 Å². The summed E-state index contributed by atoms with van der Waals surface area (Å²) >= 11 is 3.36. The largest absolute Gasteiger partial charge is 0.494 e. The van der Waals surface area contributed by atoms with Crippen LogP contribution in [-0.2, 0) is 0 Å². The fourth-order valence-electron chi connectivity index (χ4n) is 1.51. The van der Waals surface area contributed by atoms with Crippen LogP contribution in [0.4, 0.5) is 5.69 Å². The van der Waals surface area contributed by atoms with E-state index < -0.39 is 0 Å². The van der Waals surface area contributed by atoms with Crippen LogP contribution in [0.15, 0.2) is 40.0 Å². The zero-order valence-corrected chi connectivity index (χ0v) is 9.61. The first-order chi connectivity index (χ1) is 7.26. The molecule has 0 aliphatic heterocycles. The number of halogens is 1. The molecule has 15 heavy (non-hydrogen) atoms. The molecule has 0 radical (unpaired) electrons. The summed E-state index contributed by atoms with van der Waals surface area (Å²) in [6.45, 7) is 0. The topological polar surface area (TPSA) is 38.7 Å². The van der Waals surface area contributed by atoms with Crippen LogP contribution in [0.3, 0.4) is 0 Å². The lowest BCUT2D eigenvalue weighted by Gasteiger charge is -2.05. The van der Waals surface area contributed by atoms with Crippen LogP contribution in [0, 0.1) is 4.91 Å². The average Bonchev–Trinajstić information content (AvgIpc) is 2.27. The van der Waals surface area contributed by atoms with Crippen LogP contribution in [0.25, 0.3) is 10.8 Å². The zero-order valence-electron chi connectivity index (χ0n) is 8.03. The summed E-state index contributed by atoms with van der Waals surface area (Å²) in [5, 5.41) is 4.77. The first-order valence-corrected chi connectivity index (χ1v) is 5.15. The highest BCUT2D eigenvalue weighted by Gasteiger charge is 2.08. The number of fused-ring (bicyclic) bond motifs is 1. The highest BCUT2D eigenvalue weighted by Crippen LogP contribution is 2.36. The Bertz CT molecular complexity index is 525. The van der Waals surface area contributed by atoms with E-state index in [0.29, 0.717) is 11.4 Å². The van der Waals surface area contributed by atoms with E-state index >= 15 is 0 Å². The first-order valence-electron chi connectivity index (χ1n) is 4.36. The lowest BCUT2D eigenvalue weighted by Crippen LogP contribution is -1.84. The monoisotopic (exact) mass is 265 g/mol. The van der Waals surface area contributed by atoms with Gasteiger partial charge < -0.3 is 4.74 Å². The van der Waals surface area contributed by atoms with Crippen LogP contribution in [0.2, 0.25) is 0 Å². The van der Waals surface area contributed by atoms with Gasteiger partial charge in [0, 0.05) is 9.86 Å². The molecule has 0 aliphatic carbocycles. The molecule has 0 aliphatic rings. The van der Waals surface area contributed by atoms with Crippen LogP contribution in [0.5, 0.6) is 5.75 Å². The van der Waals surface area contributed by atoms with E-state index in [-0.39, 0.29) is 0 Å². The number of hydrogen-bond acceptors (Lipinski definition) is 3. The van der Waals surface area contributed by atoms with Crippen LogP contribution in [-0.4, -0.2) is 7.11 Å². The van der Waals surface area contributed by atoms with Crippen molar-refractivity contribution in [2.75, 3.05) is 7.11 Å². The van der Waals surface area contributed by atoms with Gasteiger partial charge in [0.1, 0.15) is 5.75 Å². The van der Waals surface area contributed by atoms with Gasteiger partial charge in [0.2, 0.25) is 0 Å². The maximum absolute atomic E-state index is 10.8. The Morgan fingerprint density at radius 3 is 2.67 bits per heavy atom. The van der Waals surface area contributed by atoms with Gasteiger partial charge in [-0.25, -0.2) is 0 Å². The van der Waals surface area contributed by atoms with E-state index in [2.05, 4.69) is 21.1 Å². The van der Waals surface area contributed by atoms with E-state index in [1.54, 1.807) is 6.07 Å². The smallest absolute Gasteiger partial charge is 0.157 e. The molecule has 0 heterocycles. The summed E-state index contributed by atoms with van der Waals surface area (Å²) in [7, 11) is 1.52. The van der Waals surface area contributed by atoms with Gasteiger partial charge in [-0.3, -0.25) is 0 Å². The fourth-order valence-corrected chi connectivity index (χ4v) is 1.88. The van der Waals surface area contributed by atoms with E-state index in [9.17, 15) is 4.91 Å². The quantitative estimate of drug-likeness (QED) is 0.770. The van der Waals surface area contributed by atoms with Crippen LogP contribution in [0.1, 0.15) is 0 Å². The fraction of sp³-hybridized carbons (Fsp3) is 0.0909. The molecule has 2 rings (SSSR count). The summed E-state index contributed by atoms with van der Waals surface area (Å²) in [6, 6.07) is 9.34. The summed E-state index contributed by atoms with van der Waals surface area (Å²) < 4.78 is 5.99. The predicted octanol–water partition coefficient (Wildman–Crippen LogP) is 4.01. The second kappa shape index (κ2) is 3.98. The van der Waals surface area contributed by atoms with Crippen molar-refractivity contribution >= 4 is 32.4 Å². The van der Waals surface area contributed by atoms with E-state index in [0.717, 1.165) is 15.2 Å². The molecular weight excluding hydrogens is 258 g/mol. The van der Waals surface area contributed by atoms with E-state index in [1.165, 1.54) is 7.11 Å². The van der Waals surface area contributed by atoms with Crippen molar-refractivity contribution in [3.63, 3.8) is 0 Å². The number of nitrogens with zero attached hydrogens (tertiary/aromatic N) is 1. The summed E-state index contributed by atoms with van der Waals surface area (Å²) in [4.78, 5) is 10.8. The van der Waals surface area contributed by atoms with Crippen molar-refractivity contribution in [3.8, 4) is 5.75 Å². The second-order valence-corrected chi connectivity index (χ2v) is 3.99. The maximum atomic E-state index is 10.8. The Labute approximate surface area is 95.2 Å². The van der Waals surface area contributed by atoms with Crippen molar-refractivity contribution in [1.29, 1.82) is 0 Å². The number of nitroso groups, excluding NO2 is 1. The van der Waals surface area contributed by atoms with Gasteiger partial charge in [-0.1, -0.05) is 28.1 Å². The van der Waals surface area contributed by atoms with E-state index in [1.807, 2.05) is 24.3 Å². The lowest BCUT2D eigenvalue weighted by atomic mass is 10.1. The molecule has 0 spiro atoms. The minimum Gasteiger partial charge on any atom is -0.494 e. The molecule has 0 saturated heterocycles. The van der Waals surface area contributed by atoms with Gasteiger partial charge in [-0.05, 0) is 28.8 Å². The Hall–Kier alpha value is -1.42. The lowest BCUT2D eigenvalue weighted by molar-refractivity contribution is 0.416. The standard InChI is InChI=1S/C11H8BrNO2/c1-15-10-5-3-7-2-4-8(12)6-9(7)11(10)13-14/h2-6H,1H3. The van der Waals surface area contributed by atoms with Crippen molar-refractivity contribution in [2.45, 2.75) is 0 Å². The molecule has 76 valence electrons. The summed E-state index contributed by atoms with van der Waals surface area (Å²) in [5.74, 6) is 0.496. The number of ether oxygens (including phenoxy) is 1. The number of benzene rings is 2. The van der Waals surface area contributed by atoms with Gasteiger partial charge >= 0.3 is 0 Å². The highest BCUT2D eigenvalue weighted by molar-refractivity contribution is 9.10. The summed E-state index contributed by atoms with van der Waals surface area (Å²) in [5.41, 5.74) is 0.344. The van der Waals surface area contributed by atoms with Crippen molar-refractivity contribution in [3.05, 3.63) is 39.7 Å². The van der Waals surface area contributed by atoms with Gasteiger partial charge in [0.15, 0.2) is 5.69 Å². The molecule has 0 aromatic heterocycles. The molecule has 2 aromatic rings. The van der Waals surface area contributed by atoms with Crippen molar-refractivity contribution in [1.82, 2.24) is 0 Å². The van der Waals surface area contributed by atoms with Gasteiger partial charge in [-0.15, -0.1) is 4.91 Å². The van der Waals surface area contributed by atoms with Gasteiger partial charge in [-0.2, -0.15) is 0 Å². The molecule has 0 N–H and O–H groups in total. The summed E-state index contributed by atoms with van der Waals surface area (Å²) in [6.07, 6.45) is 0. The SMILES string of the molecule is COc1ccc2ccc(Br)cc2c1N=O. The molecule has 0 fully saturated rings. The predicted molar refractivity (Wildman–Crippen MR) is 63.7 cm³/mol. The third-order valence-electron chi connectivity index (χ3n) is 2.23. The second-order valence-electron chi connectivity index (χ2n) is 3.07. The molecule has 0 atom stereocenters. The van der Waals surface area contributed by atoms with E-state index in [4.69, 9.17) is 4.74 Å². The highest BCUT2D eigenvalue weighted by atomic mass is 79.9. The molecule has 0 unspecified atom stereocenters. The Morgan fingerprint density at radius 2 is 2.00 bits per heavy atom.